The summed E-state index contributed by atoms with van der Waals surface area (Å²) in [6, 6.07) is 6.70. The molecular formula is C11H14ClNO2. The first-order valence-corrected chi connectivity index (χ1v) is 5.31. The number of halogens is 1. The van der Waals surface area contributed by atoms with E-state index in [2.05, 4.69) is 5.32 Å². The van der Waals surface area contributed by atoms with E-state index in [4.69, 9.17) is 11.6 Å². The first-order chi connectivity index (χ1) is 7.13. The molecule has 0 aromatic heterocycles. The Morgan fingerprint density at radius 1 is 1.60 bits per heavy atom. The number of rotatable bonds is 4. The molecule has 1 aromatic rings. The van der Waals surface area contributed by atoms with Gasteiger partial charge in [0.25, 0.3) is 0 Å². The van der Waals surface area contributed by atoms with Crippen molar-refractivity contribution in [2.45, 2.75) is 19.4 Å². The second kappa shape index (κ2) is 5.61. The molecule has 0 aliphatic heterocycles. The third kappa shape index (κ3) is 3.80. The van der Waals surface area contributed by atoms with Crippen LogP contribution in [0.3, 0.4) is 0 Å². The molecule has 1 atom stereocenters. The second-order valence-corrected chi connectivity index (χ2v) is 3.70. The topological polar surface area (TPSA) is 49.3 Å². The summed E-state index contributed by atoms with van der Waals surface area (Å²) < 4.78 is 0. The van der Waals surface area contributed by atoms with Gasteiger partial charge in [0.05, 0.1) is 6.04 Å². The zero-order valence-electron chi connectivity index (χ0n) is 8.53. The van der Waals surface area contributed by atoms with Crippen molar-refractivity contribution in [1.29, 1.82) is 0 Å². The molecule has 0 radical (unpaired) electrons. The molecule has 0 spiro atoms. The highest BCUT2D eigenvalue weighted by atomic mass is 35.5. The normalized spacial score (nSPS) is 12.1. The minimum atomic E-state index is -0.118. The summed E-state index contributed by atoms with van der Waals surface area (Å²) >= 11 is 5.45. The number of nitrogens with one attached hydrogen (secondary N) is 1. The van der Waals surface area contributed by atoms with Gasteiger partial charge in [0.2, 0.25) is 5.91 Å². The average molecular weight is 228 g/mol. The van der Waals surface area contributed by atoms with Crippen molar-refractivity contribution in [2.24, 2.45) is 0 Å². The van der Waals surface area contributed by atoms with Gasteiger partial charge in [0, 0.05) is 12.3 Å². The van der Waals surface area contributed by atoms with Crippen LogP contribution in [0.5, 0.6) is 5.75 Å². The molecule has 0 aliphatic rings. The van der Waals surface area contributed by atoms with Crippen LogP contribution in [0.15, 0.2) is 24.3 Å². The van der Waals surface area contributed by atoms with Crippen LogP contribution >= 0.6 is 11.6 Å². The molecule has 2 N–H and O–H groups in total. The van der Waals surface area contributed by atoms with E-state index in [-0.39, 0.29) is 17.7 Å². The van der Waals surface area contributed by atoms with Gasteiger partial charge in [-0.2, -0.15) is 0 Å². The van der Waals surface area contributed by atoms with Crippen LogP contribution in [0.4, 0.5) is 0 Å². The van der Waals surface area contributed by atoms with Gasteiger partial charge in [0.1, 0.15) is 5.75 Å². The van der Waals surface area contributed by atoms with Gasteiger partial charge in [-0.3, -0.25) is 4.79 Å². The second-order valence-electron chi connectivity index (χ2n) is 3.32. The number of carbonyl (C=O) groups excluding carboxylic acids is 1. The van der Waals surface area contributed by atoms with Crippen LogP contribution < -0.4 is 5.32 Å². The Bertz CT molecular complexity index is 341. The van der Waals surface area contributed by atoms with Crippen molar-refractivity contribution >= 4 is 17.5 Å². The largest absolute Gasteiger partial charge is 0.508 e. The number of phenols is 1. The molecule has 4 heteroatoms. The van der Waals surface area contributed by atoms with Crippen LogP contribution in [0.25, 0.3) is 0 Å². The SMILES string of the molecule is CC(NC(=O)CCCl)c1cccc(O)c1. The van der Waals surface area contributed by atoms with E-state index in [9.17, 15) is 9.90 Å². The summed E-state index contributed by atoms with van der Waals surface area (Å²) in [7, 11) is 0. The van der Waals surface area contributed by atoms with Gasteiger partial charge in [-0.15, -0.1) is 11.6 Å². The number of hydrogen-bond acceptors (Lipinski definition) is 2. The summed E-state index contributed by atoms with van der Waals surface area (Å²) in [6.45, 7) is 1.86. The van der Waals surface area contributed by atoms with Crippen molar-refractivity contribution in [3.05, 3.63) is 29.8 Å². The van der Waals surface area contributed by atoms with Crippen LogP contribution in [0.1, 0.15) is 24.9 Å². The monoisotopic (exact) mass is 227 g/mol. The smallest absolute Gasteiger partial charge is 0.221 e. The first-order valence-electron chi connectivity index (χ1n) is 4.77. The van der Waals surface area contributed by atoms with Crippen molar-refractivity contribution in [3.8, 4) is 5.75 Å². The van der Waals surface area contributed by atoms with E-state index < -0.39 is 0 Å². The molecule has 0 saturated carbocycles. The van der Waals surface area contributed by atoms with Crippen LogP contribution in [0, 0.1) is 0 Å². The maximum atomic E-state index is 11.3. The number of benzene rings is 1. The highest BCUT2D eigenvalue weighted by molar-refractivity contribution is 6.18. The number of alkyl halides is 1. The lowest BCUT2D eigenvalue weighted by Crippen LogP contribution is -2.26. The van der Waals surface area contributed by atoms with Gasteiger partial charge < -0.3 is 10.4 Å². The molecule has 0 heterocycles. The van der Waals surface area contributed by atoms with Crippen molar-refractivity contribution in [3.63, 3.8) is 0 Å². The summed E-state index contributed by atoms with van der Waals surface area (Å²) in [5, 5.41) is 12.1. The molecule has 3 nitrogen and oxygen atoms in total. The lowest BCUT2D eigenvalue weighted by atomic mass is 10.1. The molecular weight excluding hydrogens is 214 g/mol. The molecule has 0 bridgehead atoms. The number of hydrogen-bond donors (Lipinski definition) is 2. The van der Waals surface area contributed by atoms with E-state index >= 15 is 0 Å². The molecule has 0 saturated heterocycles. The molecule has 1 rings (SSSR count). The Hall–Kier alpha value is -1.22. The van der Waals surface area contributed by atoms with E-state index in [0.29, 0.717) is 12.3 Å². The predicted molar refractivity (Wildman–Crippen MR) is 60.0 cm³/mol. The maximum absolute atomic E-state index is 11.3. The number of phenolic OH excluding ortho intramolecular Hbond substituents is 1. The molecule has 0 aliphatic carbocycles. The van der Waals surface area contributed by atoms with Crippen molar-refractivity contribution in [1.82, 2.24) is 5.32 Å². The van der Waals surface area contributed by atoms with E-state index in [0.717, 1.165) is 5.56 Å². The fourth-order valence-electron chi connectivity index (χ4n) is 1.28. The highest BCUT2D eigenvalue weighted by Gasteiger charge is 2.08. The van der Waals surface area contributed by atoms with Gasteiger partial charge in [-0.25, -0.2) is 0 Å². The molecule has 15 heavy (non-hydrogen) atoms. The molecule has 0 fully saturated rings. The van der Waals surface area contributed by atoms with Gasteiger partial charge >= 0.3 is 0 Å². The quantitative estimate of drug-likeness (QED) is 0.775. The number of aromatic hydroxyl groups is 1. The average Bonchev–Trinajstić information content (AvgIpc) is 2.18. The molecule has 1 unspecified atom stereocenters. The fourth-order valence-corrected chi connectivity index (χ4v) is 1.45. The van der Waals surface area contributed by atoms with Gasteiger partial charge in [-0.05, 0) is 24.6 Å². The standard InChI is InChI=1S/C11H14ClNO2/c1-8(13-11(15)5-6-12)9-3-2-4-10(14)7-9/h2-4,7-8,14H,5-6H2,1H3,(H,13,15). The Morgan fingerprint density at radius 2 is 2.33 bits per heavy atom. The molecule has 1 amide bonds. The fraction of sp³-hybridized carbons (Fsp3) is 0.364. The minimum Gasteiger partial charge on any atom is -0.508 e. The van der Waals surface area contributed by atoms with Crippen LogP contribution in [0.2, 0.25) is 0 Å². The third-order valence-corrected chi connectivity index (χ3v) is 2.26. The Kier molecular flexibility index (Phi) is 4.43. The van der Waals surface area contributed by atoms with E-state index in [1.165, 1.54) is 0 Å². The zero-order valence-corrected chi connectivity index (χ0v) is 9.29. The summed E-state index contributed by atoms with van der Waals surface area (Å²) in [5.74, 6) is 0.435. The lowest BCUT2D eigenvalue weighted by Gasteiger charge is -2.13. The minimum absolute atomic E-state index is 0.0826. The Labute approximate surface area is 94.1 Å². The third-order valence-electron chi connectivity index (χ3n) is 2.07. The van der Waals surface area contributed by atoms with Crippen LogP contribution in [-0.2, 0) is 4.79 Å². The van der Waals surface area contributed by atoms with E-state index in [1.54, 1.807) is 18.2 Å². The maximum Gasteiger partial charge on any atom is 0.221 e. The summed E-state index contributed by atoms with van der Waals surface area (Å²) in [5.41, 5.74) is 0.873. The Balaban J connectivity index is 2.60. The van der Waals surface area contributed by atoms with Crippen molar-refractivity contribution < 1.29 is 9.90 Å². The Morgan fingerprint density at radius 3 is 2.93 bits per heavy atom. The molecule has 82 valence electrons. The van der Waals surface area contributed by atoms with E-state index in [1.807, 2.05) is 13.0 Å². The first kappa shape index (κ1) is 11.9. The molecule has 1 aromatic carbocycles. The summed E-state index contributed by atoms with van der Waals surface area (Å²) in [4.78, 5) is 11.3. The van der Waals surface area contributed by atoms with Crippen molar-refractivity contribution in [2.75, 3.05) is 5.88 Å². The number of carbonyl (C=O) groups is 1. The predicted octanol–water partition coefficient (Wildman–Crippen LogP) is 2.20. The lowest BCUT2D eigenvalue weighted by molar-refractivity contribution is -0.121. The zero-order chi connectivity index (χ0) is 11.3. The highest BCUT2D eigenvalue weighted by Crippen LogP contribution is 2.17. The van der Waals surface area contributed by atoms with Gasteiger partial charge in [-0.1, -0.05) is 12.1 Å². The number of amides is 1. The van der Waals surface area contributed by atoms with Gasteiger partial charge in [0.15, 0.2) is 0 Å². The summed E-state index contributed by atoms with van der Waals surface area (Å²) in [6.07, 6.45) is 0.310. The van der Waals surface area contributed by atoms with Crippen LogP contribution in [-0.4, -0.2) is 16.9 Å².